The standard InChI is InChI=1S/C27H20N4O6/c1-36-23-11-16(3-6-20(23)32)5-8-22(34)25-19(15-30)26(18(13-28)14-29)31-27(25,35)10-9-17-4-7-21(33)24(12-17)37-2/h3-12,31-33,35H,1-2H3/b8-5+,10-9+. The van der Waals surface area contributed by atoms with Gasteiger partial charge in [-0.15, -0.1) is 0 Å². The van der Waals surface area contributed by atoms with Crippen LogP contribution in [0.25, 0.3) is 12.2 Å². The summed E-state index contributed by atoms with van der Waals surface area (Å²) in [5.41, 5.74) is -2.87. The van der Waals surface area contributed by atoms with Crippen molar-refractivity contribution in [3.63, 3.8) is 0 Å². The summed E-state index contributed by atoms with van der Waals surface area (Å²) < 4.78 is 10.1. The third-order valence-electron chi connectivity index (χ3n) is 5.38. The van der Waals surface area contributed by atoms with Crippen LogP contribution in [0, 0.1) is 34.0 Å². The smallest absolute Gasteiger partial charge is 0.188 e. The molecule has 37 heavy (non-hydrogen) atoms. The van der Waals surface area contributed by atoms with Crippen LogP contribution in [0.1, 0.15) is 11.1 Å². The van der Waals surface area contributed by atoms with E-state index in [2.05, 4.69) is 5.32 Å². The number of phenols is 2. The maximum Gasteiger partial charge on any atom is 0.188 e. The molecule has 1 aliphatic rings. The van der Waals surface area contributed by atoms with Gasteiger partial charge in [0.2, 0.25) is 0 Å². The van der Waals surface area contributed by atoms with Crippen LogP contribution < -0.4 is 14.8 Å². The molecule has 2 aromatic rings. The summed E-state index contributed by atoms with van der Waals surface area (Å²) in [6.07, 6.45) is 5.08. The van der Waals surface area contributed by atoms with E-state index in [1.54, 1.807) is 18.2 Å². The van der Waals surface area contributed by atoms with E-state index >= 15 is 0 Å². The van der Waals surface area contributed by atoms with Gasteiger partial charge in [0.15, 0.2) is 40.1 Å². The van der Waals surface area contributed by atoms with Crippen molar-refractivity contribution in [2.24, 2.45) is 0 Å². The van der Waals surface area contributed by atoms with Crippen molar-refractivity contribution in [3.8, 4) is 41.2 Å². The Labute approximate surface area is 212 Å². The van der Waals surface area contributed by atoms with Crippen LogP contribution in [0.5, 0.6) is 23.0 Å². The molecular weight excluding hydrogens is 476 g/mol. The minimum Gasteiger partial charge on any atom is -0.504 e. The Morgan fingerprint density at radius 1 is 0.946 bits per heavy atom. The molecule has 0 amide bonds. The van der Waals surface area contributed by atoms with E-state index in [4.69, 9.17) is 9.47 Å². The molecule has 0 bridgehead atoms. The van der Waals surface area contributed by atoms with Crippen LogP contribution in [-0.2, 0) is 4.79 Å². The maximum atomic E-state index is 13.3. The van der Waals surface area contributed by atoms with Gasteiger partial charge in [-0.3, -0.25) is 4.79 Å². The van der Waals surface area contributed by atoms with Crippen LogP contribution in [0.2, 0.25) is 0 Å². The summed E-state index contributed by atoms with van der Waals surface area (Å²) in [4.78, 5) is 13.3. The molecule has 0 saturated heterocycles. The number of carbonyl (C=O) groups is 1. The molecule has 1 aliphatic heterocycles. The monoisotopic (exact) mass is 496 g/mol. The number of ketones is 1. The number of hydrogen-bond acceptors (Lipinski definition) is 10. The third-order valence-corrected chi connectivity index (χ3v) is 5.38. The highest BCUT2D eigenvalue weighted by molar-refractivity contribution is 6.10. The second kappa shape index (κ2) is 10.8. The Hall–Kier alpha value is -5.50. The first kappa shape index (κ1) is 26.1. The van der Waals surface area contributed by atoms with Crippen LogP contribution in [-0.4, -0.2) is 41.0 Å². The molecule has 10 heteroatoms. The van der Waals surface area contributed by atoms with E-state index in [9.17, 15) is 35.9 Å². The van der Waals surface area contributed by atoms with Crippen molar-refractivity contribution in [2.75, 3.05) is 14.2 Å². The Morgan fingerprint density at radius 2 is 1.49 bits per heavy atom. The lowest BCUT2D eigenvalue weighted by atomic mass is 9.95. The molecule has 184 valence electrons. The molecular formula is C27H20N4O6. The average molecular weight is 496 g/mol. The highest BCUT2D eigenvalue weighted by atomic mass is 16.5. The maximum absolute atomic E-state index is 13.3. The van der Waals surface area contributed by atoms with E-state index in [1.807, 2.05) is 0 Å². The Bertz CT molecular complexity index is 1500. The summed E-state index contributed by atoms with van der Waals surface area (Å²) in [6, 6.07) is 13.8. The van der Waals surface area contributed by atoms with Crippen LogP contribution >= 0.6 is 0 Å². The molecule has 0 spiro atoms. The van der Waals surface area contributed by atoms with Gasteiger partial charge in [0, 0.05) is 0 Å². The second-order valence-electron chi connectivity index (χ2n) is 7.62. The zero-order valence-corrected chi connectivity index (χ0v) is 19.7. The number of rotatable bonds is 7. The highest BCUT2D eigenvalue weighted by Crippen LogP contribution is 2.36. The number of ether oxygens (including phenoxy) is 2. The third kappa shape index (κ3) is 5.28. The van der Waals surface area contributed by atoms with Gasteiger partial charge in [-0.1, -0.05) is 24.3 Å². The van der Waals surface area contributed by atoms with Gasteiger partial charge in [0.05, 0.1) is 31.1 Å². The minimum atomic E-state index is -2.27. The predicted molar refractivity (Wildman–Crippen MR) is 131 cm³/mol. The normalized spacial score (nSPS) is 16.7. The Balaban J connectivity index is 2.11. The first-order valence-corrected chi connectivity index (χ1v) is 10.6. The van der Waals surface area contributed by atoms with Gasteiger partial charge in [-0.25, -0.2) is 0 Å². The number of hydrogen-bond donors (Lipinski definition) is 4. The minimum absolute atomic E-state index is 0.0962. The summed E-state index contributed by atoms with van der Waals surface area (Å²) in [5.74, 6) is -0.635. The fourth-order valence-corrected chi connectivity index (χ4v) is 3.57. The summed E-state index contributed by atoms with van der Waals surface area (Å²) in [7, 11) is 2.74. The van der Waals surface area contributed by atoms with E-state index in [0.29, 0.717) is 11.1 Å². The number of allylic oxidation sites excluding steroid dienone is 3. The van der Waals surface area contributed by atoms with Gasteiger partial charge < -0.3 is 30.1 Å². The number of aliphatic hydroxyl groups is 1. The highest BCUT2D eigenvalue weighted by Gasteiger charge is 2.44. The first-order chi connectivity index (χ1) is 17.7. The van der Waals surface area contributed by atoms with Crippen molar-refractivity contribution >= 4 is 17.9 Å². The number of methoxy groups -OCH3 is 2. The van der Waals surface area contributed by atoms with Crippen LogP contribution in [0.4, 0.5) is 0 Å². The van der Waals surface area contributed by atoms with Gasteiger partial charge in [0.1, 0.15) is 18.2 Å². The van der Waals surface area contributed by atoms with Gasteiger partial charge in [0.25, 0.3) is 0 Å². The van der Waals surface area contributed by atoms with Crippen molar-refractivity contribution in [2.45, 2.75) is 5.72 Å². The summed E-state index contributed by atoms with van der Waals surface area (Å²) in [5, 5.41) is 62.0. The molecule has 10 nitrogen and oxygen atoms in total. The molecule has 0 aliphatic carbocycles. The van der Waals surface area contributed by atoms with Crippen LogP contribution in [0.15, 0.2) is 71.0 Å². The van der Waals surface area contributed by atoms with E-state index in [0.717, 1.165) is 6.08 Å². The molecule has 3 rings (SSSR count). The van der Waals surface area contributed by atoms with E-state index in [1.165, 1.54) is 68.8 Å². The first-order valence-electron chi connectivity index (χ1n) is 10.6. The lowest BCUT2D eigenvalue weighted by Crippen LogP contribution is -2.42. The quantitative estimate of drug-likeness (QED) is 0.329. The van der Waals surface area contributed by atoms with E-state index in [-0.39, 0.29) is 34.3 Å². The van der Waals surface area contributed by atoms with Gasteiger partial charge in [-0.05, 0) is 47.5 Å². The largest absolute Gasteiger partial charge is 0.504 e. The molecule has 0 radical (unpaired) electrons. The molecule has 2 aromatic carbocycles. The predicted octanol–water partition coefficient (Wildman–Crippen LogP) is 2.82. The van der Waals surface area contributed by atoms with Gasteiger partial charge in [-0.2, -0.15) is 15.8 Å². The van der Waals surface area contributed by atoms with Crippen LogP contribution in [0.3, 0.4) is 0 Å². The van der Waals surface area contributed by atoms with Crippen molar-refractivity contribution in [1.82, 2.24) is 5.32 Å². The number of nitrogens with one attached hydrogen (secondary N) is 1. The van der Waals surface area contributed by atoms with Crippen molar-refractivity contribution in [3.05, 3.63) is 82.1 Å². The Morgan fingerprint density at radius 3 is 1.97 bits per heavy atom. The number of nitrogens with zero attached hydrogens (tertiary/aromatic N) is 3. The van der Waals surface area contributed by atoms with Crippen molar-refractivity contribution in [1.29, 1.82) is 15.8 Å². The van der Waals surface area contributed by atoms with Crippen molar-refractivity contribution < 1.29 is 29.6 Å². The second-order valence-corrected chi connectivity index (χ2v) is 7.62. The van der Waals surface area contributed by atoms with E-state index < -0.39 is 22.7 Å². The number of aromatic hydroxyl groups is 2. The molecule has 0 fully saturated rings. The summed E-state index contributed by atoms with van der Waals surface area (Å²) >= 11 is 0. The number of benzene rings is 2. The molecule has 0 saturated carbocycles. The zero-order valence-electron chi connectivity index (χ0n) is 19.7. The molecule has 1 unspecified atom stereocenters. The van der Waals surface area contributed by atoms with Gasteiger partial charge >= 0.3 is 0 Å². The topological polar surface area (TPSA) is 180 Å². The molecule has 4 N–H and O–H groups in total. The lowest BCUT2D eigenvalue weighted by Gasteiger charge is -2.22. The molecule has 1 atom stereocenters. The number of carbonyl (C=O) groups excluding carboxylic acids is 1. The average Bonchev–Trinajstić information content (AvgIpc) is 3.20. The molecule has 1 heterocycles. The molecule has 0 aromatic heterocycles. The summed E-state index contributed by atoms with van der Waals surface area (Å²) in [6.45, 7) is 0. The Kier molecular flexibility index (Phi) is 7.64. The number of nitriles is 3. The SMILES string of the molecule is COc1cc(/C=C/C(=O)C2=C(C#N)C(=C(C#N)C#N)NC2(O)/C=C/c2ccc(O)c(OC)c2)ccc1O. The lowest BCUT2D eigenvalue weighted by molar-refractivity contribution is -0.112. The zero-order chi connectivity index (χ0) is 27.2. The number of phenolic OH excluding ortho intramolecular Hbond substituents is 2. The fourth-order valence-electron chi connectivity index (χ4n) is 3.57. The fraction of sp³-hybridized carbons (Fsp3) is 0.111.